The number of H-pyrrole nitrogens is 1. The number of aliphatic hydroxyl groups excluding tert-OH is 1. The van der Waals surface area contributed by atoms with Gasteiger partial charge in [-0.2, -0.15) is 0 Å². The first-order valence-electron chi connectivity index (χ1n) is 14.5. The second-order valence-corrected chi connectivity index (χ2v) is 10.9. The molecule has 2 aromatic heterocycles. The average molecular weight is 539 g/mol. The molecule has 0 unspecified atom stereocenters. The molecule has 204 valence electrons. The van der Waals surface area contributed by atoms with Crippen molar-refractivity contribution in [2.45, 2.75) is 44.1 Å². The Balaban J connectivity index is 0.000000176. The standard InChI is InChI=1S/C25H25NO2.C12H9N/c27-25-23(15-8-16-24(25)28-17-18-9-2-1-3-10-18)26-21-13-6-4-11-19(21)20-12-5-7-14-22(20)26;1-3-7-11-9(5-1)10-6-2-4-8-12(10)13-11/h1-7,9-14,23-25,27H,8,15-17H2;1-8,13H/t23-,24-,25+;/m1./s1. The van der Waals surface area contributed by atoms with Crippen LogP contribution in [0.5, 0.6) is 0 Å². The van der Waals surface area contributed by atoms with E-state index in [9.17, 15) is 5.11 Å². The van der Waals surface area contributed by atoms with Crippen molar-refractivity contribution in [1.29, 1.82) is 0 Å². The van der Waals surface area contributed by atoms with Crippen molar-refractivity contribution in [3.8, 4) is 0 Å². The zero-order valence-electron chi connectivity index (χ0n) is 23.0. The Kier molecular flexibility index (Phi) is 7.01. The third-order valence-corrected chi connectivity index (χ3v) is 8.43. The summed E-state index contributed by atoms with van der Waals surface area (Å²) >= 11 is 0. The van der Waals surface area contributed by atoms with Crippen LogP contribution in [0.2, 0.25) is 0 Å². The van der Waals surface area contributed by atoms with Crippen molar-refractivity contribution in [2.75, 3.05) is 0 Å². The number of nitrogens with one attached hydrogen (secondary N) is 1. The summed E-state index contributed by atoms with van der Waals surface area (Å²) in [5, 5.41) is 16.4. The lowest BCUT2D eigenvalue weighted by Crippen LogP contribution is -2.40. The Hall–Kier alpha value is -4.38. The van der Waals surface area contributed by atoms with Gasteiger partial charge in [0.15, 0.2) is 0 Å². The first kappa shape index (κ1) is 25.6. The molecular formula is C37H34N2O2. The SMILES string of the molecule is O[C@H]1[C@H](n2c3ccccc3c3ccccc32)CCC[C@H]1OCc1ccccc1.c1ccc2c(c1)[nH]c1ccccc12. The number of aromatic nitrogens is 2. The van der Waals surface area contributed by atoms with E-state index >= 15 is 0 Å². The molecule has 2 N–H and O–H groups in total. The largest absolute Gasteiger partial charge is 0.388 e. The van der Waals surface area contributed by atoms with Crippen LogP contribution in [-0.2, 0) is 11.3 Å². The van der Waals surface area contributed by atoms with Crippen LogP contribution in [0.1, 0.15) is 30.9 Å². The number of aromatic amines is 1. The molecule has 41 heavy (non-hydrogen) atoms. The number of fused-ring (bicyclic) bond motifs is 6. The highest BCUT2D eigenvalue weighted by Crippen LogP contribution is 2.38. The van der Waals surface area contributed by atoms with Gasteiger partial charge < -0.3 is 19.4 Å². The Morgan fingerprint density at radius 1 is 0.610 bits per heavy atom. The van der Waals surface area contributed by atoms with Gasteiger partial charge in [-0.15, -0.1) is 0 Å². The molecule has 4 heteroatoms. The summed E-state index contributed by atoms with van der Waals surface area (Å²) in [5.41, 5.74) is 5.95. The number of aliphatic hydroxyl groups is 1. The Bertz CT molecular complexity index is 1820. The molecule has 7 aromatic rings. The first-order chi connectivity index (χ1) is 20.3. The summed E-state index contributed by atoms with van der Waals surface area (Å²) in [7, 11) is 0. The molecule has 4 nitrogen and oxygen atoms in total. The van der Waals surface area contributed by atoms with Crippen molar-refractivity contribution in [3.63, 3.8) is 0 Å². The number of rotatable bonds is 4. The Morgan fingerprint density at radius 3 is 1.73 bits per heavy atom. The summed E-state index contributed by atoms with van der Waals surface area (Å²) in [6, 6.07) is 44.0. The molecule has 0 radical (unpaired) electrons. The Morgan fingerprint density at radius 2 is 1.12 bits per heavy atom. The second kappa shape index (κ2) is 11.2. The highest BCUT2D eigenvalue weighted by Gasteiger charge is 2.35. The van der Waals surface area contributed by atoms with E-state index in [1.54, 1.807) is 0 Å². The normalized spacial score (nSPS) is 19.0. The van der Waals surface area contributed by atoms with Crippen molar-refractivity contribution in [1.82, 2.24) is 9.55 Å². The first-order valence-corrected chi connectivity index (χ1v) is 14.5. The van der Waals surface area contributed by atoms with Gasteiger partial charge in [-0.3, -0.25) is 0 Å². The number of para-hydroxylation sites is 4. The lowest BCUT2D eigenvalue weighted by molar-refractivity contribution is -0.0858. The monoisotopic (exact) mass is 538 g/mol. The lowest BCUT2D eigenvalue weighted by Gasteiger charge is -2.36. The summed E-state index contributed by atoms with van der Waals surface area (Å²) in [6.07, 6.45) is 2.27. The van der Waals surface area contributed by atoms with E-state index in [4.69, 9.17) is 4.74 Å². The highest BCUT2D eigenvalue weighted by molar-refractivity contribution is 6.08. The molecule has 1 saturated carbocycles. The van der Waals surface area contributed by atoms with Crippen LogP contribution in [-0.4, -0.2) is 26.9 Å². The van der Waals surface area contributed by atoms with Crippen LogP contribution in [0.15, 0.2) is 127 Å². The van der Waals surface area contributed by atoms with Gasteiger partial charge in [0.1, 0.15) is 6.10 Å². The number of nitrogens with zero attached hydrogens (tertiary/aromatic N) is 1. The molecule has 0 saturated heterocycles. The molecule has 0 bridgehead atoms. The molecule has 8 rings (SSSR count). The van der Waals surface area contributed by atoms with Gasteiger partial charge in [-0.1, -0.05) is 103 Å². The summed E-state index contributed by atoms with van der Waals surface area (Å²) in [4.78, 5) is 3.38. The van der Waals surface area contributed by atoms with Crippen LogP contribution in [0.4, 0.5) is 0 Å². The third kappa shape index (κ3) is 4.90. The van der Waals surface area contributed by atoms with E-state index in [1.807, 2.05) is 18.2 Å². The molecule has 0 aliphatic heterocycles. The number of hydrogen-bond acceptors (Lipinski definition) is 2. The molecule has 0 spiro atoms. The van der Waals surface area contributed by atoms with Crippen LogP contribution < -0.4 is 0 Å². The summed E-state index contributed by atoms with van der Waals surface area (Å²) in [6.45, 7) is 0.544. The number of ether oxygens (including phenoxy) is 1. The van der Waals surface area contributed by atoms with Gasteiger partial charge in [0, 0.05) is 43.6 Å². The van der Waals surface area contributed by atoms with Crippen LogP contribution in [0.3, 0.4) is 0 Å². The highest BCUT2D eigenvalue weighted by atomic mass is 16.5. The van der Waals surface area contributed by atoms with E-state index in [0.717, 1.165) is 24.8 Å². The van der Waals surface area contributed by atoms with Gasteiger partial charge in [0.25, 0.3) is 0 Å². The Labute approximate surface area is 239 Å². The minimum absolute atomic E-state index is 0.0272. The molecule has 1 fully saturated rings. The van der Waals surface area contributed by atoms with Gasteiger partial charge in [-0.25, -0.2) is 0 Å². The minimum Gasteiger partial charge on any atom is -0.388 e. The van der Waals surface area contributed by atoms with Crippen molar-refractivity contribution in [3.05, 3.63) is 133 Å². The third-order valence-electron chi connectivity index (χ3n) is 8.43. The number of benzene rings is 5. The van der Waals surface area contributed by atoms with Gasteiger partial charge in [0.05, 0.1) is 18.8 Å². The second-order valence-electron chi connectivity index (χ2n) is 10.9. The molecule has 0 amide bonds. The van der Waals surface area contributed by atoms with E-state index in [2.05, 4.69) is 119 Å². The van der Waals surface area contributed by atoms with Gasteiger partial charge >= 0.3 is 0 Å². The minimum atomic E-state index is -0.517. The maximum atomic E-state index is 11.3. The topological polar surface area (TPSA) is 50.2 Å². The van der Waals surface area contributed by atoms with E-state index in [0.29, 0.717) is 6.61 Å². The number of hydrogen-bond donors (Lipinski definition) is 2. The zero-order chi connectivity index (χ0) is 27.6. The van der Waals surface area contributed by atoms with Crippen molar-refractivity contribution in [2.24, 2.45) is 0 Å². The molecule has 1 aliphatic rings. The average Bonchev–Trinajstić information content (AvgIpc) is 3.58. The predicted octanol–water partition coefficient (Wildman–Crippen LogP) is 8.79. The maximum Gasteiger partial charge on any atom is 0.101 e. The van der Waals surface area contributed by atoms with Crippen LogP contribution in [0, 0.1) is 0 Å². The summed E-state index contributed by atoms with van der Waals surface area (Å²) < 4.78 is 8.51. The lowest BCUT2D eigenvalue weighted by atomic mass is 9.89. The van der Waals surface area contributed by atoms with Crippen LogP contribution in [0.25, 0.3) is 43.6 Å². The van der Waals surface area contributed by atoms with E-state index in [-0.39, 0.29) is 12.1 Å². The molecule has 2 heterocycles. The molecule has 5 aromatic carbocycles. The molecule has 1 aliphatic carbocycles. The summed E-state index contributed by atoms with van der Waals surface area (Å²) in [5.74, 6) is 0. The zero-order valence-corrected chi connectivity index (χ0v) is 23.0. The van der Waals surface area contributed by atoms with Gasteiger partial charge in [0.2, 0.25) is 0 Å². The van der Waals surface area contributed by atoms with Gasteiger partial charge in [-0.05, 0) is 49.1 Å². The van der Waals surface area contributed by atoms with Crippen molar-refractivity contribution < 1.29 is 9.84 Å². The fourth-order valence-corrected chi connectivity index (χ4v) is 6.47. The van der Waals surface area contributed by atoms with E-state index < -0.39 is 6.10 Å². The fourth-order valence-electron chi connectivity index (χ4n) is 6.47. The molecule has 3 atom stereocenters. The van der Waals surface area contributed by atoms with Crippen LogP contribution >= 0.6 is 0 Å². The molecular weight excluding hydrogens is 504 g/mol. The maximum absolute atomic E-state index is 11.3. The van der Waals surface area contributed by atoms with E-state index in [1.165, 1.54) is 43.6 Å². The predicted molar refractivity (Wildman–Crippen MR) is 169 cm³/mol. The van der Waals surface area contributed by atoms with Crippen molar-refractivity contribution >= 4 is 43.6 Å². The fraction of sp³-hybridized carbons (Fsp3) is 0.189. The quantitative estimate of drug-likeness (QED) is 0.235. The smallest absolute Gasteiger partial charge is 0.101 e.